The number of carbonyl (C=O) groups is 1. The highest BCUT2D eigenvalue weighted by Gasteiger charge is 2.26. The molecule has 2 N–H and O–H groups in total. The molecule has 1 aliphatic rings. The third-order valence-electron chi connectivity index (χ3n) is 4.81. The first-order valence-electron chi connectivity index (χ1n) is 8.64. The minimum Gasteiger partial charge on any atom is -0.325 e. The Morgan fingerprint density at radius 3 is 2.42 bits per heavy atom. The molecule has 1 saturated heterocycles. The molecule has 0 aliphatic carbocycles. The molecule has 2 rings (SSSR count). The van der Waals surface area contributed by atoms with Crippen molar-refractivity contribution >= 4 is 24.0 Å². The average Bonchev–Trinajstić information content (AvgIpc) is 2.53. The van der Waals surface area contributed by atoms with Crippen LogP contribution in [0.4, 0.5) is 5.69 Å². The predicted octanol–water partition coefficient (Wildman–Crippen LogP) is 3.42. The van der Waals surface area contributed by atoms with Crippen LogP contribution in [-0.4, -0.2) is 43.0 Å². The number of carbonyl (C=O) groups excluding carboxylic acids is 1. The van der Waals surface area contributed by atoms with Gasteiger partial charge in [0.2, 0.25) is 5.91 Å². The Hall–Kier alpha value is -1.10. The van der Waals surface area contributed by atoms with Gasteiger partial charge in [0.1, 0.15) is 0 Å². The highest BCUT2D eigenvalue weighted by molar-refractivity contribution is 5.94. The van der Waals surface area contributed by atoms with E-state index in [1.54, 1.807) is 0 Å². The number of rotatable bonds is 4. The molecule has 4 nitrogen and oxygen atoms in total. The molecule has 2 unspecified atom stereocenters. The molecule has 0 radical (unpaired) electrons. The van der Waals surface area contributed by atoms with E-state index < -0.39 is 0 Å². The van der Waals surface area contributed by atoms with Gasteiger partial charge in [-0.3, -0.25) is 9.69 Å². The molecule has 24 heavy (non-hydrogen) atoms. The second-order valence-corrected chi connectivity index (χ2v) is 7.62. The van der Waals surface area contributed by atoms with E-state index in [2.05, 4.69) is 48.4 Å². The summed E-state index contributed by atoms with van der Waals surface area (Å²) in [6.45, 7) is 10.5. The van der Waals surface area contributed by atoms with E-state index in [-0.39, 0.29) is 29.8 Å². The van der Waals surface area contributed by atoms with Crippen molar-refractivity contribution in [3.8, 4) is 0 Å². The number of anilines is 1. The molecule has 1 amide bonds. The van der Waals surface area contributed by atoms with Crippen molar-refractivity contribution in [2.24, 2.45) is 0 Å². The molecule has 0 saturated carbocycles. The first kappa shape index (κ1) is 20.9. The van der Waals surface area contributed by atoms with Gasteiger partial charge < -0.3 is 10.6 Å². The molecule has 0 spiro atoms. The zero-order chi connectivity index (χ0) is 17.0. The fourth-order valence-electron chi connectivity index (χ4n) is 3.06. The van der Waals surface area contributed by atoms with Crippen LogP contribution >= 0.6 is 12.4 Å². The number of benzene rings is 1. The van der Waals surface area contributed by atoms with Crippen LogP contribution in [0.5, 0.6) is 0 Å². The second kappa shape index (κ2) is 8.84. The number of halogens is 1. The number of likely N-dealkylation sites (tertiary alicyclic amines) is 1. The molecule has 1 aliphatic heterocycles. The number of hydrogen-bond acceptors (Lipinski definition) is 3. The van der Waals surface area contributed by atoms with E-state index in [0.29, 0.717) is 6.04 Å². The zero-order valence-electron chi connectivity index (χ0n) is 15.6. The molecule has 136 valence electrons. The molecular weight excluding hydrogens is 322 g/mol. The summed E-state index contributed by atoms with van der Waals surface area (Å²) < 4.78 is 0. The van der Waals surface area contributed by atoms with E-state index >= 15 is 0 Å². The number of likely N-dealkylation sites (N-methyl/N-ethyl adjacent to an activating group) is 1. The summed E-state index contributed by atoms with van der Waals surface area (Å²) in [6.07, 6.45) is 2.33. The van der Waals surface area contributed by atoms with Gasteiger partial charge in [0.05, 0.1) is 6.04 Å². The predicted molar refractivity (Wildman–Crippen MR) is 104 cm³/mol. The highest BCUT2D eigenvalue weighted by Crippen LogP contribution is 2.23. The Balaban J connectivity index is 0.00000288. The van der Waals surface area contributed by atoms with Crippen LogP contribution in [0.1, 0.15) is 46.1 Å². The number of amides is 1. The van der Waals surface area contributed by atoms with Crippen molar-refractivity contribution in [1.82, 2.24) is 10.2 Å². The maximum Gasteiger partial charge on any atom is 0.241 e. The first-order valence-corrected chi connectivity index (χ1v) is 8.64. The van der Waals surface area contributed by atoms with Crippen LogP contribution in [0, 0.1) is 0 Å². The van der Waals surface area contributed by atoms with Gasteiger partial charge in [0, 0.05) is 18.3 Å². The molecule has 2 atom stereocenters. The summed E-state index contributed by atoms with van der Waals surface area (Å²) in [4.78, 5) is 14.8. The summed E-state index contributed by atoms with van der Waals surface area (Å²) in [5.74, 6) is 0.0743. The van der Waals surface area contributed by atoms with Crippen LogP contribution < -0.4 is 10.6 Å². The Morgan fingerprint density at radius 2 is 1.88 bits per heavy atom. The van der Waals surface area contributed by atoms with Crippen molar-refractivity contribution in [2.75, 3.05) is 25.5 Å². The first-order chi connectivity index (χ1) is 10.8. The smallest absolute Gasteiger partial charge is 0.241 e. The third kappa shape index (κ3) is 5.47. The van der Waals surface area contributed by atoms with E-state index in [9.17, 15) is 4.79 Å². The maximum atomic E-state index is 12.5. The normalized spacial score (nSPS) is 20.1. The van der Waals surface area contributed by atoms with Crippen molar-refractivity contribution in [1.29, 1.82) is 0 Å². The van der Waals surface area contributed by atoms with E-state index in [1.807, 2.05) is 26.1 Å². The summed E-state index contributed by atoms with van der Waals surface area (Å²) in [7, 11) is 2.00. The van der Waals surface area contributed by atoms with E-state index in [0.717, 1.165) is 25.2 Å². The molecule has 1 fully saturated rings. The number of hydrogen-bond donors (Lipinski definition) is 2. The molecular formula is C19H32ClN3O. The van der Waals surface area contributed by atoms with Gasteiger partial charge in [0.15, 0.2) is 0 Å². The monoisotopic (exact) mass is 353 g/mol. The Bertz CT molecular complexity index is 524. The fourth-order valence-corrected chi connectivity index (χ4v) is 3.06. The van der Waals surface area contributed by atoms with Crippen molar-refractivity contribution in [3.63, 3.8) is 0 Å². The lowest BCUT2D eigenvalue weighted by Gasteiger charge is -2.35. The minimum absolute atomic E-state index is 0. The number of piperidine rings is 1. The summed E-state index contributed by atoms with van der Waals surface area (Å²) in [5, 5.41) is 6.37. The number of nitrogens with zero attached hydrogens (tertiary/aromatic N) is 1. The van der Waals surface area contributed by atoms with Crippen molar-refractivity contribution < 1.29 is 4.79 Å². The van der Waals surface area contributed by atoms with Crippen LogP contribution in [0.25, 0.3) is 0 Å². The number of nitrogens with one attached hydrogen (secondary N) is 2. The fraction of sp³-hybridized carbons (Fsp3) is 0.632. The van der Waals surface area contributed by atoms with Crippen LogP contribution in [-0.2, 0) is 10.2 Å². The zero-order valence-corrected chi connectivity index (χ0v) is 16.4. The topological polar surface area (TPSA) is 44.4 Å². The maximum absolute atomic E-state index is 12.5. The molecule has 0 bridgehead atoms. The lowest BCUT2D eigenvalue weighted by molar-refractivity contribution is -0.121. The van der Waals surface area contributed by atoms with Crippen molar-refractivity contribution in [2.45, 2.75) is 58.0 Å². The largest absolute Gasteiger partial charge is 0.325 e. The van der Waals surface area contributed by atoms with Gasteiger partial charge in [-0.05, 0) is 56.5 Å². The average molecular weight is 354 g/mol. The summed E-state index contributed by atoms with van der Waals surface area (Å²) in [5.41, 5.74) is 2.28. The molecule has 5 heteroatoms. The molecule has 1 heterocycles. The molecule has 1 aromatic carbocycles. The SMILES string of the molecule is CNC1CCCN(C(C)C(=O)Nc2ccc(C(C)(C)C)cc2)C1.Cl. The highest BCUT2D eigenvalue weighted by atomic mass is 35.5. The van der Waals surface area contributed by atoms with Gasteiger partial charge in [0.25, 0.3) is 0 Å². The lowest BCUT2D eigenvalue weighted by atomic mass is 9.87. The van der Waals surface area contributed by atoms with Gasteiger partial charge >= 0.3 is 0 Å². The van der Waals surface area contributed by atoms with E-state index in [4.69, 9.17) is 0 Å². The Labute approximate surface area is 152 Å². The lowest BCUT2D eigenvalue weighted by Crippen LogP contribution is -2.51. The minimum atomic E-state index is -0.103. The van der Waals surface area contributed by atoms with Gasteiger partial charge in [-0.15, -0.1) is 12.4 Å². The standard InChI is InChI=1S/C19H31N3O.ClH/c1-14(22-12-6-7-17(13-22)20-5)18(23)21-16-10-8-15(9-11-16)19(2,3)4;/h8-11,14,17,20H,6-7,12-13H2,1-5H3,(H,21,23);1H. The molecule has 1 aromatic rings. The Kier molecular flexibility index (Phi) is 7.71. The summed E-state index contributed by atoms with van der Waals surface area (Å²) >= 11 is 0. The summed E-state index contributed by atoms with van der Waals surface area (Å²) in [6, 6.07) is 8.57. The van der Waals surface area contributed by atoms with Crippen LogP contribution in [0.2, 0.25) is 0 Å². The second-order valence-electron chi connectivity index (χ2n) is 7.62. The Morgan fingerprint density at radius 1 is 1.25 bits per heavy atom. The van der Waals surface area contributed by atoms with E-state index in [1.165, 1.54) is 12.0 Å². The van der Waals surface area contributed by atoms with Crippen molar-refractivity contribution in [3.05, 3.63) is 29.8 Å². The van der Waals surface area contributed by atoms with Crippen LogP contribution in [0.15, 0.2) is 24.3 Å². The quantitative estimate of drug-likeness (QED) is 0.871. The van der Waals surface area contributed by atoms with Gasteiger partial charge in [-0.2, -0.15) is 0 Å². The molecule has 0 aromatic heterocycles. The van der Waals surface area contributed by atoms with Gasteiger partial charge in [-0.1, -0.05) is 32.9 Å². The van der Waals surface area contributed by atoms with Crippen LogP contribution in [0.3, 0.4) is 0 Å². The van der Waals surface area contributed by atoms with Gasteiger partial charge in [-0.25, -0.2) is 0 Å². The third-order valence-corrected chi connectivity index (χ3v) is 4.81.